The maximum absolute atomic E-state index is 12.9. The van der Waals surface area contributed by atoms with E-state index in [1.165, 1.54) is 6.20 Å². The van der Waals surface area contributed by atoms with Crippen LogP contribution in [0.25, 0.3) is 0 Å². The van der Waals surface area contributed by atoms with Gasteiger partial charge in [0.1, 0.15) is 11.3 Å². The van der Waals surface area contributed by atoms with Gasteiger partial charge in [0, 0.05) is 31.0 Å². The zero-order valence-corrected chi connectivity index (χ0v) is 15.1. The zero-order chi connectivity index (χ0) is 19.1. The van der Waals surface area contributed by atoms with Gasteiger partial charge in [0.05, 0.1) is 0 Å². The summed E-state index contributed by atoms with van der Waals surface area (Å²) in [5.41, 5.74) is -0.911. The van der Waals surface area contributed by atoms with Crippen LogP contribution >= 0.6 is 0 Å². The lowest BCUT2D eigenvalue weighted by Gasteiger charge is -2.39. The van der Waals surface area contributed by atoms with Crippen LogP contribution in [0.5, 0.6) is 0 Å². The van der Waals surface area contributed by atoms with E-state index in [4.69, 9.17) is 4.74 Å². The molecule has 1 saturated heterocycles. The number of fused-ring (bicyclic) bond motifs is 2. The molecule has 8 heteroatoms. The monoisotopic (exact) mass is 371 g/mol. The first-order chi connectivity index (χ1) is 12.0. The second kappa shape index (κ2) is 6.63. The third-order valence-corrected chi connectivity index (χ3v) is 4.92. The summed E-state index contributed by atoms with van der Waals surface area (Å²) in [4.78, 5) is 17.5. The van der Waals surface area contributed by atoms with Crippen molar-refractivity contribution in [3.63, 3.8) is 0 Å². The fraction of sp³-hybridized carbons (Fsp3) is 0.667. The van der Waals surface area contributed by atoms with Gasteiger partial charge in [-0.2, -0.15) is 13.2 Å². The number of carbonyl (C=O) groups excluding carboxylic acids is 1. The highest BCUT2D eigenvalue weighted by atomic mass is 19.4. The number of ether oxygens (including phenoxy) is 1. The van der Waals surface area contributed by atoms with E-state index >= 15 is 0 Å². The lowest BCUT2D eigenvalue weighted by atomic mass is 9.92. The fourth-order valence-corrected chi connectivity index (χ4v) is 3.88. The molecule has 2 heterocycles. The number of hydrogen-bond acceptors (Lipinski definition) is 4. The first-order valence-electron chi connectivity index (χ1n) is 8.80. The molecule has 1 amide bonds. The van der Waals surface area contributed by atoms with Crippen LogP contribution in [-0.4, -0.2) is 35.8 Å². The van der Waals surface area contributed by atoms with E-state index in [9.17, 15) is 18.0 Å². The normalized spacial score (nSPS) is 25.9. The number of rotatable bonds is 2. The molecular formula is C18H24F3N3O2. The van der Waals surface area contributed by atoms with Crippen LogP contribution in [-0.2, 0) is 10.9 Å². The molecule has 2 aliphatic rings. The molecule has 2 fully saturated rings. The Morgan fingerprint density at radius 1 is 1.23 bits per heavy atom. The van der Waals surface area contributed by atoms with Crippen molar-refractivity contribution in [1.29, 1.82) is 0 Å². The van der Waals surface area contributed by atoms with Crippen molar-refractivity contribution in [3.8, 4) is 0 Å². The van der Waals surface area contributed by atoms with E-state index in [0.717, 1.165) is 18.9 Å². The fourth-order valence-electron chi connectivity index (χ4n) is 3.88. The quantitative estimate of drug-likeness (QED) is 0.858. The molecule has 5 nitrogen and oxygen atoms in total. The van der Waals surface area contributed by atoms with Gasteiger partial charge >= 0.3 is 12.3 Å². The highest BCUT2D eigenvalue weighted by Gasteiger charge is 2.43. The number of nitrogens with one attached hydrogen (secondary N) is 1. The third kappa shape index (κ3) is 4.22. The average molecular weight is 371 g/mol. The predicted octanol–water partition coefficient (Wildman–Crippen LogP) is 3.84. The van der Waals surface area contributed by atoms with Gasteiger partial charge in [0.15, 0.2) is 0 Å². The molecule has 1 aliphatic heterocycles. The minimum Gasteiger partial charge on any atom is -0.444 e. The van der Waals surface area contributed by atoms with Crippen LogP contribution in [0.15, 0.2) is 18.3 Å². The lowest BCUT2D eigenvalue weighted by molar-refractivity contribution is -0.141. The number of anilines is 1. The number of amides is 1. The molecule has 0 aromatic carbocycles. The molecule has 0 radical (unpaired) electrons. The number of alkyl halides is 3. The number of aromatic nitrogens is 1. The highest BCUT2D eigenvalue weighted by Crippen LogP contribution is 2.39. The lowest BCUT2D eigenvalue weighted by Crippen LogP contribution is -2.53. The van der Waals surface area contributed by atoms with Gasteiger partial charge in [-0.15, -0.1) is 0 Å². The molecule has 1 unspecified atom stereocenters. The Morgan fingerprint density at radius 2 is 1.85 bits per heavy atom. The standard InChI is InChI=1S/C18H24F3N3O2/c1-17(2,3)26-16(25)23-15-11-4-5-12(15)10-24(9-11)13-6-7-22-14(8-13)18(19,20)21/h6-8,11-12,15H,4-5,9-10H2,1-3H3,(H,23,25)/t11-,12?,15-/m0/s1. The molecule has 1 saturated carbocycles. The minimum absolute atomic E-state index is 0.00465. The van der Waals surface area contributed by atoms with Crippen LogP contribution in [0.1, 0.15) is 39.3 Å². The Bertz CT molecular complexity index is 658. The number of halogens is 3. The van der Waals surface area contributed by atoms with Crippen molar-refractivity contribution in [1.82, 2.24) is 10.3 Å². The van der Waals surface area contributed by atoms with Gasteiger partial charge in [-0.25, -0.2) is 4.79 Å². The van der Waals surface area contributed by atoms with E-state index in [2.05, 4.69) is 10.3 Å². The summed E-state index contributed by atoms with van der Waals surface area (Å²) in [5.74, 6) is 0.396. The Labute approximate surface area is 150 Å². The number of piperidine rings is 1. The molecular weight excluding hydrogens is 347 g/mol. The molecule has 1 aromatic rings. The molecule has 3 atom stereocenters. The third-order valence-electron chi connectivity index (χ3n) is 4.92. The van der Waals surface area contributed by atoms with Crippen molar-refractivity contribution in [3.05, 3.63) is 24.0 Å². The predicted molar refractivity (Wildman–Crippen MR) is 90.8 cm³/mol. The van der Waals surface area contributed by atoms with Crippen LogP contribution < -0.4 is 10.2 Å². The molecule has 2 bridgehead atoms. The van der Waals surface area contributed by atoms with E-state index in [1.807, 2.05) is 25.7 Å². The van der Waals surface area contributed by atoms with Crippen molar-refractivity contribution >= 4 is 11.8 Å². The summed E-state index contributed by atoms with van der Waals surface area (Å²) in [6, 6.07) is 2.71. The number of hydrogen-bond donors (Lipinski definition) is 1. The van der Waals surface area contributed by atoms with Gasteiger partial charge in [0.2, 0.25) is 0 Å². The number of carbonyl (C=O) groups is 1. The molecule has 0 spiro atoms. The number of alkyl carbamates (subject to hydrolysis) is 1. The Morgan fingerprint density at radius 3 is 2.38 bits per heavy atom. The second-order valence-electron chi connectivity index (χ2n) is 8.07. The second-order valence-corrected chi connectivity index (χ2v) is 8.07. The van der Waals surface area contributed by atoms with E-state index < -0.39 is 23.6 Å². The summed E-state index contributed by atoms with van der Waals surface area (Å²) in [6.07, 6.45) is -1.80. The summed E-state index contributed by atoms with van der Waals surface area (Å²) < 4.78 is 44.0. The van der Waals surface area contributed by atoms with Crippen molar-refractivity contribution in [2.45, 2.75) is 51.4 Å². The molecule has 1 aromatic heterocycles. The van der Waals surface area contributed by atoms with Crippen LogP contribution in [0.4, 0.5) is 23.7 Å². The van der Waals surface area contributed by atoms with E-state index in [1.54, 1.807) is 6.07 Å². The summed E-state index contributed by atoms with van der Waals surface area (Å²) >= 11 is 0. The SMILES string of the molecule is CC(C)(C)OC(=O)N[C@@H]1C2CC[C@H]1CN(c1ccnc(C(F)(F)F)c1)C2. The van der Waals surface area contributed by atoms with E-state index in [-0.39, 0.29) is 17.9 Å². The average Bonchev–Trinajstić information content (AvgIpc) is 2.75. The Hall–Kier alpha value is -1.99. The van der Waals surface area contributed by atoms with Crippen LogP contribution in [0.3, 0.4) is 0 Å². The van der Waals surface area contributed by atoms with Gasteiger partial charge < -0.3 is 15.0 Å². The number of nitrogens with zero attached hydrogens (tertiary/aromatic N) is 2. The zero-order valence-electron chi connectivity index (χ0n) is 15.1. The maximum Gasteiger partial charge on any atom is 0.433 e. The van der Waals surface area contributed by atoms with Crippen LogP contribution in [0.2, 0.25) is 0 Å². The largest absolute Gasteiger partial charge is 0.444 e. The van der Waals surface area contributed by atoms with Crippen molar-refractivity contribution in [2.24, 2.45) is 11.8 Å². The van der Waals surface area contributed by atoms with E-state index in [0.29, 0.717) is 18.8 Å². The van der Waals surface area contributed by atoms with Gasteiger partial charge in [-0.05, 0) is 57.6 Å². The summed E-state index contributed by atoms with van der Waals surface area (Å²) in [7, 11) is 0. The smallest absolute Gasteiger partial charge is 0.433 e. The van der Waals surface area contributed by atoms with Crippen molar-refractivity contribution in [2.75, 3.05) is 18.0 Å². The summed E-state index contributed by atoms with van der Waals surface area (Å²) in [6.45, 7) is 6.65. The molecule has 144 valence electrons. The van der Waals surface area contributed by atoms with Gasteiger partial charge in [-0.1, -0.05) is 0 Å². The highest BCUT2D eigenvalue weighted by molar-refractivity contribution is 5.68. The Kier molecular flexibility index (Phi) is 4.79. The van der Waals surface area contributed by atoms with Gasteiger partial charge in [-0.3, -0.25) is 4.98 Å². The number of pyridine rings is 1. The summed E-state index contributed by atoms with van der Waals surface area (Å²) in [5, 5.41) is 2.96. The molecule has 3 rings (SSSR count). The molecule has 1 N–H and O–H groups in total. The first-order valence-corrected chi connectivity index (χ1v) is 8.80. The first kappa shape index (κ1) is 18.8. The molecule has 26 heavy (non-hydrogen) atoms. The Balaban J connectivity index is 1.68. The minimum atomic E-state index is -4.45. The topological polar surface area (TPSA) is 54.5 Å². The maximum atomic E-state index is 12.9. The van der Waals surface area contributed by atoms with Crippen LogP contribution in [0, 0.1) is 11.8 Å². The van der Waals surface area contributed by atoms with Gasteiger partial charge in [0.25, 0.3) is 0 Å². The van der Waals surface area contributed by atoms with Crippen molar-refractivity contribution < 1.29 is 22.7 Å². The molecule has 1 aliphatic carbocycles.